The summed E-state index contributed by atoms with van der Waals surface area (Å²) < 4.78 is 5.89. The van der Waals surface area contributed by atoms with E-state index in [2.05, 4.69) is 27.3 Å². The second-order valence-electron chi connectivity index (χ2n) is 3.05. The molecule has 0 aliphatic heterocycles. The fourth-order valence-corrected chi connectivity index (χ4v) is 2.55. The van der Waals surface area contributed by atoms with Gasteiger partial charge in [0.05, 0.1) is 5.75 Å². The largest absolute Gasteiger partial charge is 0.374 e. The van der Waals surface area contributed by atoms with Crippen molar-refractivity contribution in [1.29, 1.82) is 0 Å². The van der Waals surface area contributed by atoms with Gasteiger partial charge in [-0.3, -0.25) is 0 Å². The highest BCUT2D eigenvalue weighted by Gasteiger charge is 2.08. The van der Waals surface area contributed by atoms with E-state index >= 15 is 0 Å². The summed E-state index contributed by atoms with van der Waals surface area (Å²) in [5.74, 6) is 2.00. The van der Waals surface area contributed by atoms with Crippen molar-refractivity contribution in [1.82, 2.24) is 20.3 Å². The molecule has 0 aliphatic rings. The zero-order chi connectivity index (χ0) is 11.4. The van der Waals surface area contributed by atoms with Gasteiger partial charge in [-0.1, -0.05) is 35.2 Å². The standard InChI is InChI=1S/C8H11N5OS2/c1-2-3-6-10-5(13-14-6)4-15-8-12-11-7(9)16-8/h2-4H2,1H3,(H2,9,11). The summed E-state index contributed by atoms with van der Waals surface area (Å²) in [6.45, 7) is 2.07. The van der Waals surface area contributed by atoms with Crippen LogP contribution in [-0.2, 0) is 12.2 Å². The van der Waals surface area contributed by atoms with Crippen LogP contribution in [0.15, 0.2) is 8.86 Å². The lowest BCUT2D eigenvalue weighted by molar-refractivity contribution is 0.373. The molecule has 0 radical (unpaired) electrons. The van der Waals surface area contributed by atoms with E-state index in [1.807, 2.05) is 0 Å². The van der Waals surface area contributed by atoms with Gasteiger partial charge in [-0.2, -0.15) is 4.98 Å². The number of hydrogen-bond donors (Lipinski definition) is 1. The van der Waals surface area contributed by atoms with Gasteiger partial charge >= 0.3 is 0 Å². The molecule has 8 heteroatoms. The molecule has 2 aromatic heterocycles. The highest BCUT2D eigenvalue weighted by molar-refractivity contribution is 8.00. The number of rotatable bonds is 5. The zero-order valence-corrected chi connectivity index (χ0v) is 10.3. The Kier molecular flexibility index (Phi) is 3.73. The van der Waals surface area contributed by atoms with E-state index in [4.69, 9.17) is 10.3 Å². The fraction of sp³-hybridized carbons (Fsp3) is 0.500. The number of hydrogen-bond acceptors (Lipinski definition) is 8. The molecule has 0 spiro atoms. The minimum absolute atomic E-state index is 0.474. The van der Waals surface area contributed by atoms with Gasteiger partial charge < -0.3 is 10.3 Å². The molecule has 16 heavy (non-hydrogen) atoms. The van der Waals surface area contributed by atoms with Crippen molar-refractivity contribution < 1.29 is 4.52 Å². The first-order valence-corrected chi connectivity index (χ1v) is 6.61. The maximum absolute atomic E-state index is 5.47. The summed E-state index contributed by atoms with van der Waals surface area (Å²) in [4.78, 5) is 4.25. The third-order valence-corrected chi connectivity index (χ3v) is 3.60. The normalized spacial score (nSPS) is 10.8. The van der Waals surface area contributed by atoms with Crippen LogP contribution >= 0.6 is 23.1 Å². The van der Waals surface area contributed by atoms with Crippen molar-refractivity contribution in [2.75, 3.05) is 5.73 Å². The summed E-state index contributed by atoms with van der Waals surface area (Å²) in [7, 11) is 0. The molecule has 0 saturated carbocycles. The molecule has 0 amide bonds. The third kappa shape index (κ3) is 2.92. The van der Waals surface area contributed by atoms with Gasteiger partial charge in [0, 0.05) is 6.42 Å². The molecule has 0 aromatic carbocycles. The Labute approximate surface area is 101 Å². The lowest BCUT2D eigenvalue weighted by atomic mass is 10.3. The summed E-state index contributed by atoms with van der Waals surface area (Å²) in [6.07, 6.45) is 1.82. The minimum atomic E-state index is 0.474. The Hall–Kier alpha value is -1.15. The maximum atomic E-state index is 5.47. The van der Waals surface area contributed by atoms with Crippen molar-refractivity contribution in [2.24, 2.45) is 0 Å². The van der Waals surface area contributed by atoms with E-state index in [1.54, 1.807) is 0 Å². The van der Waals surface area contributed by atoms with E-state index in [-0.39, 0.29) is 0 Å². The summed E-state index contributed by atoms with van der Waals surface area (Å²) in [5, 5.41) is 12.0. The highest BCUT2D eigenvalue weighted by Crippen LogP contribution is 2.25. The van der Waals surface area contributed by atoms with Gasteiger partial charge in [-0.15, -0.1) is 10.2 Å². The summed E-state index contributed by atoms with van der Waals surface area (Å²) in [5.41, 5.74) is 5.47. The molecule has 86 valence electrons. The van der Waals surface area contributed by atoms with Crippen molar-refractivity contribution in [3.8, 4) is 0 Å². The van der Waals surface area contributed by atoms with Gasteiger partial charge in [0.2, 0.25) is 11.0 Å². The van der Waals surface area contributed by atoms with Gasteiger partial charge in [-0.25, -0.2) is 0 Å². The summed E-state index contributed by atoms with van der Waals surface area (Å²) >= 11 is 2.86. The predicted octanol–water partition coefficient (Wildman–Crippen LogP) is 1.75. The smallest absolute Gasteiger partial charge is 0.226 e. The molecular weight excluding hydrogens is 246 g/mol. The topological polar surface area (TPSA) is 90.7 Å². The molecular formula is C8H11N5OS2. The van der Waals surface area contributed by atoms with E-state index < -0.39 is 0 Å². The van der Waals surface area contributed by atoms with Crippen LogP contribution in [0.3, 0.4) is 0 Å². The van der Waals surface area contributed by atoms with E-state index in [0.717, 1.165) is 17.2 Å². The van der Waals surface area contributed by atoms with Crippen molar-refractivity contribution in [3.05, 3.63) is 11.7 Å². The Morgan fingerprint density at radius 2 is 2.31 bits per heavy atom. The first kappa shape index (κ1) is 11.3. The van der Waals surface area contributed by atoms with E-state index in [1.165, 1.54) is 23.1 Å². The summed E-state index contributed by atoms with van der Waals surface area (Å²) in [6, 6.07) is 0. The second kappa shape index (κ2) is 5.26. The first-order valence-electron chi connectivity index (χ1n) is 4.81. The van der Waals surface area contributed by atoms with Crippen LogP contribution in [0.1, 0.15) is 25.1 Å². The lowest BCUT2D eigenvalue weighted by Gasteiger charge is -1.88. The molecule has 0 fully saturated rings. The molecule has 0 unspecified atom stereocenters. The van der Waals surface area contributed by atoms with Crippen LogP contribution in [0.5, 0.6) is 0 Å². The van der Waals surface area contributed by atoms with Crippen molar-refractivity contribution >= 4 is 28.2 Å². The Morgan fingerprint density at radius 3 is 3.00 bits per heavy atom. The molecule has 2 aromatic rings. The van der Waals surface area contributed by atoms with Crippen LogP contribution in [0.25, 0.3) is 0 Å². The second-order valence-corrected chi connectivity index (χ2v) is 5.28. The number of anilines is 1. The molecule has 6 nitrogen and oxygen atoms in total. The van der Waals surface area contributed by atoms with Gasteiger partial charge in [-0.05, 0) is 6.42 Å². The number of thioether (sulfide) groups is 1. The predicted molar refractivity (Wildman–Crippen MR) is 62.2 cm³/mol. The zero-order valence-electron chi connectivity index (χ0n) is 8.71. The molecule has 2 N–H and O–H groups in total. The minimum Gasteiger partial charge on any atom is -0.374 e. The third-order valence-electron chi connectivity index (χ3n) is 1.72. The fourth-order valence-electron chi connectivity index (χ4n) is 1.07. The van der Waals surface area contributed by atoms with Crippen molar-refractivity contribution in [2.45, 2.75) is 29.9 Å². The van der Waals surface area contributed by atoms with E-state index in [0.29, 0.717) is 22.6 Å². The first-order chi connectivity index (χ1) is 7.78. The SMILES string of the molecule is CCCc1nc(CSc2nnc(N)s2)no1. The quantitative estimate of drug-likeness (QED) is 0.816. The van der Waals surface area contributed by atoms with E-state index in [9.17, 15) is 0 Å². The number of nitrogens with zero attached hydrogens (tertiary/aromatic N) is 4. The molecule has 0 aliphatic carbocycles. The average Bonchev–Trinajstić information content (AvgIpc) is 2.85. The lowest BCUT2D eigenvalue weighted by Crippen LogP contribution is -1.86. The Morgan fingerprint density at radius 1 is 1.44 bits per heavy atom. The van der Waals surface area contributed by atoms with Crippen LogP contribution in [0.2, 0.25) is 0 Å². The van der Waals surface area contributed by atoms with Gasteiger partial charge in [0.15, 0.2) is 10.2 Å². The number of nitrogens with two attached hydrogens (primary N) is 1. The number of nitrogen functional groups attached to an aromatic ring is 1. The monoisotopic (exact) mass is 257 g/mol. The maximum Gasteiger partial charge on any atom is 0.226 e. The van der Waals surface area contributed by atoms with Crippen molar-refractivity contribution in [3.63, 3.8) is 0 Å². The number of aryl methyl sites for hydroxylation is 1. The van der Waals surface area contributed by atoms with Crippen LogP contribution in [0.4, 0.5) is 5.13 Å². The molecule has 2 rings (SSSR count). The van der Waals surface area contributed by atoms with Gasteiger partial charge in [0.25, 0.3) is 0 Å². The average molecular weight is 257 g/mol. The molecule has 0 atom stereocenters. The molecule has 0 saturated heterocycles. The number of aromatic nitrogens is 4. The van der Waals surface area contributed by atoms with Gasteiger partial charge in [0.1, 0.15) is 0 Å². The molecule has 0 bridgehead atoms. The Balaban J connectivity index is 1.89. The van der Waals surface area contributed by atoms with Crippen LogP contribution in [0, 0.1) is 0 Å². The highest BCUT2D eigenvalue weighted by atomic mass is 32.2. The van der Waals surface area contributed by atoms with Crippen LogP contribution in [-0.4, -0.2) is 20.3 Å². The van der Waals surface area contributed by atoms with Crippen LogP contribution < -0.4 is 5.73 Å². The molecule has 2 heterocycles. The Bertz CT molecular complexity index is 455.